The van der Waals surface area contributed by atoms with Crippen LogP contribution in [0, 0.1) is 19.8 Å². The van der Waals surface area contributed by atoms with Crippen LogP contribution in [0.15, 0.2) is 23.1 Å². The zero-order valence-electron chi connectivity index (χ0n) is 11.7. The number of carboxylic acid groups (broad SMARTS) is 1. The van der Waals surface area contributed by atoms with Gasteiger partial charge in [-0.25, -0.2) is 0 Å². The molecule has 3 heteroatoms. The van der Waals surface area contributed by atoms with Gasteiger partial charge in [-0.2, -0.15) is 0 Å². The highest BCUT2D eigenvalue weighted by Crippen LogP contribution is 2.38. The van der Waals surface area contributed by atoms with E-state index in [0.717, 1.165) is 25.7 Å². The summed E-state index contributed by atoms with van der Waals surface area (Å²) in [5, 5.41) is 9.64. The van der Waals surface area contributed by atoms with Gasteiger partial charge in [-0.1, -0.05) is 37.0 Å². The Bertz CT molecular complexity index is 456. The average Bonchev–Trinajstić information content (AvgIpc) is 2.58. The molecule has 2 atom stereocenters. The van der Waals surface area contributed by atoms with Gasteiger partial charge in [0.15, 0.2) is 0 Å². The molecule has 2 rings (SSSR count). The molecule has 2 nitrogen and oxygen atoms in total. The second kappa shape index (κ2) is 6.47. The van der Waals surface area contributed by atoms with E-state index in [1.54, 1.807) is 11.8 Å². The summed E-state index contributed by atoms with van der Waals surface area (Å²) in [7, 11) is 0. The Hall–Kier alpha value is -0.960. The molecule has 0 spiro atoms. The minimum atomic E-state index is -0.621. The van der Waals surface area contributed by atoms with Crippen LogP contribution in [0.4, 0.5) is 0 Å². The fourth-order valence-corrected chi connectivity index (χ4v) is 4.21. The number of rotatable bonds is 3. The number of carboxylic acids is 1. The molecular formula is C16H22O2S. The van der Waals surface area contributed by atoms with E-state index in [4.69, 9.17) is 0 Å². The fourth-order valence-electron chi connectivity index (χ4n) is 2.79. The van der Waals surface area contributed by atoms with Crippen LogP contribution < -0.4 is 0 Å². The maximum Gasteiger partial charge on any atom is 0.307 e. The number of hydrogen-bond donors (Lipinski definition) is 1. The molecule has 0 aliphatic heterocycles. The first-order chi connectivity index (χ1) is 9.08. The molecule has 1 aromatic rings. The summed E-state index contributed by atoms with van der Waals surface area (Å²) < 4.78 is 0. The number of thioether (sulfide) groups is 1. The van der Waals surface area contributed by atoms with Crippen molar-refractivity contribution in [3.05, 3.63) is 29.3 Å². The normalized spacial score (nSPS) is 23.9. The van der Waals surface area contributed by atoms with E-state index in [0.29, 0.717) is 0 Å². The summed E-state index contributed by atoms with van der Waals surface area (Å²) in [6.45, 7) is 4.20. The third kappa shape index (κ3) is 3.75. The fraction of sp³-hybridized carbons (Fsp3) is 0.562. The number of aliphatic carboxylic acids is 1. The molecule has 2 unspecified atom stereocenters. The summed E-state index contributed by atoms with van der Waals surface area (Å²) in [6.07, 6.45) is 5.24. The second-order valence-corrected chi connectivity index (χ2v) is 6.79. The number of benzene rings is 1. The van der Waals surface area contributed by atoms with Crippen LogP contribution in [-0.2, 0) is 4.79 Å². The average molecular weight is 278 g/mol. The van der Waals surface area contributed by atoms with Gasteiger partial charge in [0.1, 0.15) is 0 Å². The summed E-state index contributed by atoms with van der Waals surface area (Å²) in [6, 6.07) is 6.43. The second-order valence-electron chi connectivity index (χ2n) is 5.51. The lowest BCUT2D eigenvalue weighted by atomic mass is 10.0. The van der Waals surface area contributed by atoms with Crippen LogP contribution in [-0.4, -0.2) is 16.3 Å². The van der Waals surface area contributed by atoms with E-state index >= 15 is 0 Å². The molecule has 104 valence electrons. The van der Waals surface area contributed by atoms with Crippen molar-refractivity contribution in [3.8, 4) is 0 Å². The van der Waals surface area contributed by atoms with E-state index in [1.165, 1.54) is 22.4 Å². The Balaban J connectivity index is 2.16. The number of carbonyl (C=O) groups is 1. The zero-order chi connectivity index (χ0) is 13.8. The summed E-state index contributed by atoms with van der Waals surface area (Å²) in [5.74, 6) is -0.808. The van der Waals surface area contributed by atoms with Crippen LogP contribution in [0.2, 0.25) is 0 Å². The molecule has 1 N–H and O–H groups in total. The van der Waals surface area contributed by atoms with Gasteiger partial charge in [0.25, 0.3) is 0 Å². The lowest BCUT2D eigenvalue weighted by Crippen LogP contribution is -2.24. The first-order valence-electron chi connectivity index (χ1n) is 7.04. The molecule has 1 aromatic carbocycles. The molecule has 19 heavy (non-hydrogen) atoms. The minimum absolute atomic E-state index is 0.187. The quantitative estimate of drug-likeness (QED) is 0.831. The molecule has 0 saturated heterocycles. The molecule has 1 saturated carbocycles. The Morgan fingerprint density at radius 2 is 1.95 bits per heavy atom. The van der Waals surface area contributed by atoms with Crippen LogP contribution in [0.25, 0.3) is 0 Å². The SMILES string of the molecule is Cc1ccc(SC2CCCCCC2C(=O)O)c(C)c1. The molecule has 0 bridgehead atoms. The van der Waals surface area contributed by atoms with Crippen molar-refractivity contribution in [2.45, 2.75) is 56.1 Å². The van der Waals surface area contributed by atoms with Gasteiger partial charge >= 0.3 is 5.97 Å². The van der Waals surface area contributed by atoms with Gasteiger partial charge in [-0.15, -0.1) is 11.8 Å². The molecule has 1 aliphatic rings. The van der Waals surface area contributed by atoms with Gasteiger partial charge in [0.05, 0.1) is 5.92 Å². The third-order valence-electron chi connectivity index (χ3n) is 3.88. The smallest absolute Gasteiger partial charge is 0.307 e. The van der Waals surface area contributed by atoms with Crippen molar-refractivity contribution in [2.75, 3.05) is 0 Å². The van der Waals surface area contributed by atoms with Gasteiger partial charge in [0.2, 0.25) is 0 Å². The van der Waals surface area contributed by atoms with E-state index in [9.17, 15) is 9.90 Å². The van der Waals surface area contributed by atoms with Crippen LogP contribution >= 0.6 is 11.8 Å². The van der Waals surface area contributed by atoms with E-state index in [-0.39, 0.29) is 11.2 Å². The standard InChI is InChI=1S/C16H22O2S/c1-11-8-9-14(12(2)10-11)19-15-7-5-3-4-6-13(15)16(17)18/h8-10,13,15H,3-7H2,1-2H3,(H,17,18). The van der Waals surface area contributed by atoms with Crippen molar-refractivity contribution in [2.24, 2.45) is 5.92 Å². The lowest BCUT2D eigenvalue weighted by molar-refractivity contribution is -0.141. The van der Waals surface area contributed by atoms with E-state index in [2.05, 4.69) is 32.0 Å². The Kier molecular flexibility index (Phi) is 4.92. The monoisotopic (exact) mass is 278 g/mol. The van der Waals surface area contributed by atoms with Crippen molar-refractivity contribution >= 4 is 17.7 Å². The van der Waals surface area contributed by atoms with Gasteiger partial charge in [0, 0.05) is 10.1 Å². The number of aryl methyl sites for hydroxylation is 2. The maximum atomic E-state index is 11.4. The summed E-state index contributed by atoms with van der Waals surface area (Å²) in [4.78, 5) is 12.7. The molecule has 0 heterocycles. The van der Waals surface area contributed by atoms with Crippen molar-refractivity contribution < 1.29 is 9.90 Å². The van der Waals surface area contributed by atoms with E-state index in [1.807, 2.05) is 0 Å². The first kappa shape index (κ1) is 14.4. The van der Waals surface area contributed by atoms with Crippen molar-refractivity contribution in [1.82, 2.24) is 0 Å². The summed E-state index contributed by atoms with van der Waals surface area (Å²) >= 11 is 1.77. The highest BCUT2D eigenvalue weighted by Gasteiger charge is 2.30. The van der Waals surface area contributed by atoms with Crippen LogP contribution in [0.5, 0.6) is 0 Å². The van der Waals surface area contributed by atoms with Crippen molar-refractivity contribution in [3.63, 3.8) is 0 Å². The lowest BCUT2D eigenvalue weighted by Gasteiger charge is -2.22. The third-order valence-corrected chi connectivity index (χ3v) is 5.46. The summed E-state index contributed by atoms with van der Waals surface area (Å²) in [5.41, 5.74) is 2.52. The Morgan fingerprint density at radius 3 is 2.63 bits per heavy atom. The highest BCUT2D eigenvalue weighted by molar-refractivity contribution is 8.00. The van der Waals surface area contributed by atoms with Gasteiger partial charge < -0.3 is 5.11 Å². The van der Waals surface area contributed by atoms with E-state index < -0.39 is 5.97 Å². The van der Waals surface area contributed by atoms with Gasteiger partial charge in [-0.05, 0) is 38.3 Å². The van der Waals surface area contributed by atoms with Gasteiger partial charge in [-0.3, -0.25) is 4.79 Å². The molecule has 1 aliphatic carbocycles. The predicted molar refractivity (Wildman–Crippen MR) is 79.8 cm³/mol. The maximum absolute atomic E-state index is 11.4. The topological polar surface area (TPSA) is 37.3 Å². The largest absolute Gasteiger partial charge is 0.481 e. The molecule has 0 amide bonds. The molecular weight excluding hydrogens is 256 g/mol. The Morgan fingerprint density at radius 1 is 1.21 bits per heavy atom. The number of hydrogen-bond acceptors (Lipinski definition) is 2. The molecule has 0 radical (unpaired) electrons. The highest BCUT2D eigenvalue weighted by atomic mass is 32.2. The first-order valence-corrected chi connectivity index (χ1v) is 7.92. The molecule has 0 aromatic heterocycles. The van der Waals surface area contributed by atoms with Crippen molar-refractivity contribution in [1.29, 1.82) is 0 Å². The molecule has 1 fully saturated rings. The van der Waals surface area contributed by atoms with Crippen LogP contribution in [0.3, 0.4) is 0 Å². The predicted octanol–water partition coefficient (Wildman–Crippen LogP) is 4.43. The Labute approximate surface area is 119 Å². The minimum Gasteiger partial charge on any atom is -0.481 e. The zero-order valence-corrected chi connectivity index (χ0v) is 12.5. The van der Waals surface area contributed by atoms with Crippen LogP contribution in [0.1, 0.15) is 43.2 Å².